The van der Waals surface area contributed by atoms with Crippen LogP contribution >= 0.6 is 34.3 Å². The van der Waals surface area contributed by atoms with Crippen LogP contribution in [0.5, 0.6) is 0 Å². The highest BCUT2D eigenvalue weighted by Crippen LogP contribution is 2.35. The number of anilines is 1. The summed E-state index contributed by atoms with van der Waals surface area (Å²) < 4.78 is 0. The molecule has 3 heterocycles. The van der Waals surface area contributed by atoms with Crippen molar-refractivity contribution in [2.45, 2.75) is 19.9 Å². The molecule has 0 aliphatic carbocycles. The van der Waals surface area contributed by atoms with Crippen LogP contribution in [0, 0.1) is 6.92 Å². The van der Waals surface area contributed by atoms with E-state index in [1.807, 2.05) is 0 Å². The average molecular weight is 324 g/mol. The smallest absolute Gasteiger partial charge is 0.225 e. The lowest BCUT2D eigenvalue weighted by Crippen LogP contribution is -2.22. The van der Waals surface area contributed by atoms with Crippen molar-refractivity contribution < 1.29 is 0 Å². The molecule has 1 unspecified atom stereocenters. The number of halogens is 1. The summed E-state index contributed by atoms with van der Waals surface area (Å²) in [4.78, 5) is 14.4. The van der Waals surface area contributed by atoms with Crippen LogP contribution in [0.4, 0.5) is 5.82 Å². The molecule has 3 rings (SSSR count). The Kier molecular flexibility index (Phi) is 3.67. The molecule has 0 bridgehead atoms. The zero-order valence-corrected chi connectivity index (χ0v) is 13.8. The molecular formula is C14H14ClN3S2. The minimum atomic E-state index is 0.254. The lowest BCUT2D eigenvalue weighted by Gasteiger charge is -2.25. The van der Waals surface area contributed by atoms with E-state index in [2.05, 4.69) is 59.3 Å². The van der Waals surface area contributed by atoms with Crippen molar-refractivity contribution in [3.8, 4) is 0 Å². The maximum Gasteiger partial charge on any atom is 0.225 e. The molecule has 6 heteroatoms. The Balaban J connectivity index is 2.09. The van der Waals surface area contributed by atoms with E-state index in [1.165, 1.54) is 9.75 Å². The Bertz CT molecular complexity index is 736. The second-order valence-corrected chi connectivity index (χ2v) is 7.25. The van der Waals surface area contributed by atoms with E-state index in [-0.39, 0.29) is 6.04 Å². The summed E-state index contributed by atoms with van der Waals surface area (Å²) in [6.07, 6.45) is 0. The summed E-state index contributed by atoms with van der Waals surface area (Å²) in [6.45, 7) is 4.25. The minimum absolute atomic E-state index is 0.254. The van der Waals surface area contributed by atoms with Crippen LogP contribution in [0.3, 0.4) is 0 Å². The van der Waals surface area contributed by atoms with E-state index < -0.39 is 0 Å². The van der Waals surface area contributed by atoms with Crippen molar-refractivity contribution in [1.82, 2.24) is 9.97 Å². The molecule has 1 atom stereocenters. The van der Waals surface area contributed by atoms with Crippen LogP contribution in [0.1, 0.15) is 22.7 Å². The van der Waals surface area contributed by atoms with Crippen LogP contribution in [-0.4, -0.2) is 17.0 Å². The maximum absolute atomic E-state index is 6.07. The number of hydrogen-bond donors (Lipinski definition) is 0. The number of nitrogens with zero attached hydrogens (tertiary/aromatic N) is 3. The van der Waals surface area contributed by atoms with Gasteiger partial charge in [-0.15, -0.1) is 22.7 Å². The average Bonchev–Trinajstić information content (AvgIpc) is 3.04. The van der Waals surface area contributed by atoms with E-state index in [0.29, 0.717) is 5.28 Å². The summed E-state index contributed by atoms with van der Waals surface area (Å²) in [5.74, 6) is 0.894. The van der Waals surface area contributed by atoms with Gasteiger partial charge in [-0.2, -0.15) is 4.98 Å². The van der Waals surface area contributed by atoms with E-state index >= 15 is 0 Å². The molecular weight excluding hydrogens is 310 g/mol. The Hall–Kier alpha value is -1.17. The third kappa shape index (κ3) is 2.41. The number of thiophene rings is 2. The van der Waals surface area contributed by atoms with E-state index in [9.17, 15) is 0 Å². The molecule has 0 fully saturated rings. The normalized spacial score (nSPS) is 12.8. The van der Waals surface area contributed by atoms with Crippen molar-refractivity contribution in [3.63, 3.8) is 0 Å². The quantitative estimate of drug-likeness (QED) is 0.641. The van der Waals surface area contributed by atoms with Crippen LogP contribution in [0.2, 0.25) is 5.28 Å². The van der Waals surface area contributed by atoms with Crippen LogP contribution in [-0.2, 0) is 0 Å². The zero-order chi connectivity index (χ0) is 14.3. The van der Waals surface area contributed by atoms with Crippen LogP contribution in [0.25, 0.3) is 10.2 Å². The zero-order valence-electron chi connectivity index (χ0n) is 11.4. The SMILES string of the molecule is Cc1cc2c(N(C)C(C)c3cccs3)nc(Cl)nc2s1. The number of hydrogen-bond acceptors (Lipinski definition) is 5. The van der Waals surface area contributed by atoms with Gasteiger partial charge in [-0.1, -0.05) is 6.07 Å². The molecule has 3 aromatic heterocycles. The van der Waals surface area contributed by atoms with Crippen molar-refractivity contribution in [2.24, 2.45) is 0 Å². The fourth-order valence-electron chi connectivity index (χ4n) is 2.17. The van der Waals surface area contributed by atoms with Gasteiger partial charge in [0, 0.05) is 16.8 Å². The highest BCUT2D eigenvalue weighted by molar-refractivity contribution is 7.18. The van der Waals surface area contributed by atoms with Gasteiger partial charge in [0.1, 0.15) is 10.6 Å². The molecule has 0 N–H and O–H groups in total. The highest BCUT2D eigenvalue weighted by atomic mass is 35.5. The fourth-order valence-corrected chi connectivity index (χ4v) is 4.09. The van der Waals surface area contributed by atoms with Gasteiger partial charge in [0.25, 0.3) is 0 Å². The van der Waals surface area contributed by atoms with Crippen LogP contribution in [0.15, 0.2) is 23.6 Å². The molecule has 3 aromatic rings. The molecule has 0 aliphatic rings. The first kappa shape index (κ1) is 13.8. The van der Waals surface area contributed by atoms with Gasteiger partial charge < -0.3 is 4.90 Å². The first-order valence-electron chi connectivity index (χ1n) is 6.26. The van der Waals surface area contributed by atoms with E-state index in [0.717, 1.165) is 16.0 Å². The molecule has 3 nitrogen and oxygen atoms in total. The van der Waals surface area contributed by atoms with Gasteiger partial charge in [0.05, 0.1) is 11.4 Å². The second kappa shape index (κ2) is 5.31. The van der Waals surface area contributed by atoms with Gasteiger partial charge >= 0.3 is 0 Å². The van der Waals surface area contributed by atoms with Gasteiger partial charge in [-0.3, -0.25) is 0 Å². The fraction of sp³-hybridized carbons (Fsp3) is 0.286. The molecule has 0 amide bonds. The highest BCUT2D eigenvalue weighted by Gasteiger charge is 2.19. The Labute approximate surface area is 130 Å². The van der Waals surface area contributed by atoms with E-state index in [1.54, 1.807) is 22.7 Å². The molecule has 20 heavy (non-hydrogen) atoms. The number of aryl methyl sites for hydroxylation is 1. The standard InChI is InChI=1S/C14H14ClN3S2/c1-8-7-10-12(16-14(15)17-13(10)20-8)18(3)9(2)11-5-4-6-19-11/h4-7,9H,1-3H3. The Morgan fingerprint density at radius 1 is 1.35 bits per heavy atom. The van der Waals surface area contributed by atoms with Crippen molar-refractivity contribution in [3.05, 3.63) is 38.6 Å². The van der Waals surface area contributed by atoms with Crippen molar-refractivity contribution in [2.75, 3.05) is 11.9 Å². The maximum atomic E-state index is 6.07. The topological polar surface area (TPSA) is 29.0 Å². The summed E-state index contributed by atoms with van der Waals surface area (Å²) in [6, 6.07) is 6.60. The van der Waals surface area contributed by atoms with E-state index in [4.69, 9.17) is 11.6 Å². The third-order valence-corrected chi connectivity index (χ3v) is 5.49. The Morgan fingerprint density at radius 2 is 2.15 bits per heavy atom. The second-order valence-electron chi connectivity index (χ2n) is 4.69. The Morgan fingerprint density at radius 3 is 2.85 bits per heavy atom. The monoisotopic (exact) mass is 323 g/mol. The molecule has 0 saturated carbocycles. The van der Waals surface area contributed by atoms with Gasteiger partial charge in [0.2, 0.25) is 5.28 Å². The summed E-state index contributed by atoms with van der Waals surface area (Å²) in [5, 5.41) is 3.47. The summed E-state index contributed by atoms with van der Waals surface area (Å²) >= 11 is 9.47. The molecule has 0 radical (unpaired) electrons. The molecule has 0 spiro atoms. The van der Waals surface area contributed by atoms with Crippen molar-refractivity contribution >= 4 is 50.3 Å². The molecule has 104 valence electrons. The largest absolute Gasteiger partial charge is 0.351 e. The summed E-state index contributed by atoms with van der Waals surface area (Å²) in [7, 11) is 2.05. The number of fused-ring (bicyclic) bond motifs is 1. The van der Waals surface area contributed by atoms with Crippen LogP contribution < -0.4 is 4.90 Å². The predicted molar refractivity (Wildman–Crippen MR) is 88.3 cm³/mol. The van der Waals surface area contributed by atoms with Gasteiger partial charge in [0.15, 0.2) is 0 Å². The molecule has 0 aliphatic heterocycles. The van der Waals surface area contributed by atoms with Crippen molar-refractivity contribution in [1.29, 1.82) is 0 Å². The first-order valence-corrected chi connectivity index (χ1v) is 8.33. The lowest BCUT2D eigenvalue weighted by atomic mass is 10.2. The molecule has 0 aromatic carbocycles. The number of rotatable bonds is 3. The predicted octanol–water partition coefficient (Wildman–Crippen LogP) is 4.91. The lowest BCUT2D eigenvalue weighted by molar-refractivity contribution is 0.744. The van der Waals surface area contributed by atoms with Gasteiger partial charge in [-0.25, -0.2) is 4.98 Å². The first-order chi connectivity index (χ1) is 9.56. The third-order valence-electron chi connectivity index (χ3n) is 3.34. The van der Waals surface area contributed by atoms with Gasteiger partial charge in [-0.05, 0) is 43.0 Å². The minimum Gasteiger partial charge on any atom is -0.351 e. The summed E-state index contributed by atoms with van der Waals surface area (Å²) in [5.41, 5.74) is 0. The number of aromatic nitrogens is 2. The molecule has 0 saturated heterocycles.